The summed E-state index contributed by atoms with van der Waals surface area (Å²) in [5.41, 5.74) is 11.9. The highest BCUT2D eigenvalue weighted by Crippen LogP contribution is 2.64. The van der Waals surface area contributed by atoms with Crippen LogP contribution in [0.25, 0.3) is 39.1 Å². The molecule has 2 aliphatic carbocycles. The van der Waals surface area contributed by atoms with E-state index in [1.54, 1.807) is 0 Å². The second-order valence-corrected chi connectivity index (χ2v) is 23.4. The molecule has 4 nitrogen and oxygen atoms in total. The summed E-state index contributed by atoms with van der Waals surface area (Å²) in [7, 11) is 0. The van der Waals surface area contributed by atoms with Crippen LogP contribution in [0, 0.1) is 17.8 Å². The number of hydrogen-bond acceptors (Lipinski definition) is 2. The van der Waals surface area contributed by atoms with Gasteiger partial charge in [-0.05, 0) is 140 Å². The van der Waals surface area contributed by atoms with Crippen LogP contribution >= 0.6 is 0 Å². The number of pyridine rings is 2. The van der Waals surface area contributed by atoms with Gasteiger partial charge in [-0.3, -0.25) is 9.36 Å². The van der Waals surface area contributed by atoms with Crippen LogP contribution in [0.3, 0.4) is 0 Å². The summed E-state index contributed by atoms with van der Waals surface area (Å²) in [6.07, 6.45) is 12.0. The molecule has 9 rings (SSSR count). The summed E-state index contributed by atoms with van der Waals surface area (Å²) in [4.78, 5) is 21.5. The van der Waals surface area contributed by atoms with E-state index in [1.165, 1.54) is 62.9 Å². The molecule has 0 fully saturated rings. The fraction of sp³-hybridized carbons (Fsp3) is 0.508. The van der Waals surface area contributed by atoms with Gasteiger partial charge in [0.1, 0.15) is 5.65 Å². The SMILES string of the molecule is CCCCc1ccc2c(c1)C(C)(CC)C(C=c1c3cc4c(c5ccnc(c53)n1C(=O)c1cc3c(cc1C)C(C)(C)C(C)(C)C3(C)C)C(C)(C)C(C)(C)C4(C)C)(CC)[n+]1ccccc1-2. The van der Waals surface area contributed by atoms with Crippen molar-refractivity contribution in [1.82, 2.24) is 9.55 Å². The maximum atomic E-state index is 16.2. The first-order chi connectivity index (χ1) is 29.4. The lowest BCUT2D eigenvalue weighted by molar-refractivity contribution is -0.751. The molecule has 0 amide bonds. The van der Waals surface area contributed by atoms with Crippen LogP contribution in [0.4, 0.5) is 0 Å². The standard InChI is InChI=1S/C59H74N3O/c1-18-21-24-37-26-27-38-42(32-37)58(17,19-2)59(20-3,61-30-23-22-25-46(38)61)35-47-41-34-45-49(55(11,12)57(15,16)54(45,9)10)39-28-29-60-50(48(39)41)62(47)51(63)40-33-44-43(31-36(40)4)52(5,6)56(13,14)53(44,7)8/h22-23,25-35H,18-21,24H2,1-17H3/q+1. The van der Waals surface area contributed by atoms with Crippen molar-refractivity contribution in [3.8, 4) is 11.3 Å². The molecule has 0 saturated heterocycles. The fourth-order valence-corrected chi connectivity index (χ4v) is 13.4. The quantitative estimate of drug-likeness (QED) is 0.150. The van der Waals surface area contributed by atoms with Gasteiger partial charge >= 0.3 is 0 Å². The van der Waals surface area contributed by atoms with E-state index in [4.69, 9.17) is 4.98 Å². The van der Waals surface area contributed by atoms with Crippen molar-refractivity contribution in [1.29, 1.82) is 0 Å². The summed E-state index contributed by atoms with van der Waals surface area (Å²) in [5, 5.41) is 4.39. The van der Waals surface area contributed by atoms with Crippen LogP contribution in [-0.2, 0) is 39.0 Å². The van der Waals surface area contributed by atoms with Gasteiger partial charge in [-0.25, -0.2) is 4.98 Å². The first kappa shape index (κ1) is 43.7. The van der Waals surface area contributed by atoms with Crippen molar-refractivity contribution < 1.29 is 9.36 Å². The molecule has 1 aliphatic heterocycles. The zero-order chi connectivity index (χ0) is 45.8. The molecule has 3 aliphatic rings. The largest absolute Gasteiger partial charge is 0.268 e. The maximum Gasteiger partial charge on any atom is 0.264 e. The van der Waals surface area contributed by atoms with E-state index in [0.717, 1.165) is 52.2 Å². The van der Waals surface area contributed by atoms with E-state index in [1.807, 2.05) is 6.20 Å². The lowest BCUT2D eigenvalue weighted by Gasteiger charge is -2.46. The molecule has 2 atom stereocenters. The van der Waals surface area contributed by atoms with Crippen LogP contribution in [0.5, 0.6) is 0 Å². The third-order valence-electron chi connectivity index (χ3n) is 20.1. The summed E-state index contributed by atoms with van der Waals surface area (Å²) in [5.74, 6) is -0.00382. The molecule has 6 aromatic rings. The Labute approximate surface area is 378 Å². The van der Waals surface area contributed by atoms with Crippen LogP contribution in [0.15, 0.2) is 73.1 Å². The van der Waals surface area contributed by atoms with Gasteiger partial charge in [0, 0.05) is 47.2 Å². The molecule has 0 radical (unpaired) electrons. The number of rotatable bonds is 7. The predicted molar refractivity (Wildman–Crippen MR) is 264 cm³/mol. The van der Waals surface area contributed by atoms with Gasteiger partial charge in [0.2, 0.25) is 5.69 Å². The third-order valence-corrected chi connectivity index (χ3v) is 20.1. The van der Waals surface area contributed by atoms with Crippen molar-refractivity contribution >= 4 is 33.8 Å². The Morgan fingerprint density at radius 1 is 0.698 bits per heavy atom. The molecule has 0 saturated carbocycles. The molecule has 4 heterocycles. The summed E-state index contributed by atoms with van der Waals surface area (Å²) in [6.45, 7) is 40.6. The van der Waals surface area contributed by atoms with Gasteiger partial charge in [-0.1, -0.05) is 128 Å². The minimum atomic E-state index is -0.535. The number of unbranched alkanes of at least 4 members (excludes halogenated alkanes) is 1. The Morgan fingerprint density at radius 3 is 2.00 bits per heavy atom. The van der Waals surface area contributed by atoms with Crippen molar-refractivity contribution in [2.45, 2.75) is 182 Å². The van der Waals surface area contributed by atoms with E-state index >= 15 is 4.79 Å². The van der Waals surface area contributed by atoms with Crippen molar-refractivity contribution in [2.24, 2.45) is 10.8 Å². The minimum Gasteiger partial charge on any atom is -0.268 e. The average Bonchev–Trinajstić information content (AvgIpc) is 3.64. The van der Waals surface area contributed by atoms with Gasteiger partial charge in [0.25, 0.3) is 5.91 Å². The first-order valence-corrected chi connectivity index (χ1v) is 24.2. The van der Waals surface area contributed by atoms with Gasteiger partial charge in [0.15, 0.2) is 11.7 Å². The molecule has 3 aromatic heterocycles. The molecule has 63 heavy (non-hydrogen) atoms. The van der Waals surface area contributed by atoms with E-state index in [0.29, 0.717) is 0 Å². The number of aryl methyl sites for hydroxylation is 2. The number of benzene rings is 3. The Balaban J connectivity index is 1.45. The average molecular weight is 841 g/mol. The van der Waals surface area contributed by atoms with E-state index in [9.17, 15) is 0 Å². The van der Waals surface area contributed by atoms with E-state index < -0.39 is 5.54 Å². The number of fused-ring (bicyclic) bond motifs is 6. The second kappa shape index (κ2) is 13.5. The van der Waals surface area contributed by atoms with Crippen LogP contribution in [-0.4, -0.2) is 15.5 Å². The number of carbonyl (C=O) groups is 1. The predicted octanol–water partition coefficient (Wildman–Crippen LogP) is 13.7. The highest BCUT2D eigenvalue weighted by atomic mass is 16.2. The van der Waals surface area contributed by atoms with Crippen LogP contribution in [0.2, 0.25) is 0 Å². The number of aromatic nitrogens is 3. The van der Waals surface area contributed by atoms with Gasteiger partial charge in [-0.15, -0.1) is 0 Å². The maximum absolute atomic E-state index is 16.2. The summed E-state index contributed by atoms with van der Waals surface area (Å²) in [6, 6.07) is 23.3. The van der Waals surface area contributed by atoms with Crippen molar-refractivity contribution in [3.05, 3.63) is 123 Å². The lowest BCUT2D eigenvalue weighted by atomic mass is 9.59. The van der Waals surface area contributed by atoms with Crippen molar-refractivity contribution in [2.75, 3.05) is 0 Å². The Hall–Kier alpha value is -4.57. The minimum absolute atomic E-state index is 0.00382. The monoisotopic (exact) mass is 841 g/mol. The molecular formula is C59H74N3O+. The van der Waals surface area contributed by atoms with Crippen molar-refractivity contribution in [3.63, 3.8) is 0 Å². The van der Waals surface area contributed by atoms with Gasteiger partial charge in [0.05, 0.1) is 16.3 Å². The fourth-order valence-electron chi connectivity index (χ4n) is 13.4. The topological polar surface area (TPSA) is 38.8 Å². The first-order valence-electron chi connectivity index (χ1n) is 24.2. The third kappa shape index (κ3) is 5.13. The molecule has 0 bridgehead atoms. The highest BCUT2D eigenvalue weighted by molar-refractivity contribution is 6.15. The highest BCUT2D eigenvalue weighted by Gasteiger charge is 2.61. The summed E-state index contributed by atoms with van der Waals surface area (Å²) < 4.78 is 4.61. The smallest absolute Gasteiger partial charge is 0.264 e. The van der Waals surface area contributed by atoms with E-state index in [-0.39, 0.29) is 43.8 Å². The summed E-state index contributed by atoms with van der Waals surface area (Å²) >= 11 is 0. The molecule has 2 unspecified atom stereocenters. The molecule has 3 aromatic carbocycles. The second-order valence-electron chi connectivity index (χ2n) is 23.4. The molecular weight excluding hydrogens is 767 g/mol. The van der Waals surface area contributed by atoms with E-state index in [2.05, 4.69) is 200 Å². The molecule has 330 valence electrons. The Morgan fingerprint density at radius 2 is 1.35 bits per heavy atom. The normalized spacial score (nSPS) is 24.4. The molecule has 0 N–H and O–H groups in total. The zero-order valence-electron chi connectivity index (χ0n) is 41.8. The molecule has 4 heteroatoms. The van der Waals surface area contributed by atoms with Crippen LogP contribution in [0.1, 0.15) is 186 Å². The number of hydrogen-bond donors (Lipinski definition) is 0. The van der Waals surface area contributed by atoms with Crippen LogP contribution < -0.4 is 9.92 Å². The Bertz CT molecular complexity index is 2970. The van der Waals surface area contributed by atoms with Gasteiger partial charge < -0.3 is 0 Å². The zero-order valence-corrected chi connectivity index (χ0v) is 41.8. The number of carbonyl (C=O) groups excluding carboxylic acids is 1. The lowest BCUT2D eigenvalue weighted by Crippen LogP contribution is -2.68. The van der Waals surface area contributed by atoms with Gasteiger partial charge in [-0.2, -0.15) is 4.57 Å². The molecule has 0 spiro atoms. The number of nitrogens with zero attached hydrogens (tertiary/aromatic N) is 3. The Kier molecular flexibility index (Phi) is 9.35.